The molecule has 0 spiro atoms. The lowest BCUT2D eigenvalue weighted by Gasteiger charge is -2.04. The summed E-state index contributed by atoms with van der Waals surface area (Å²) < 4.78 is 5.26. The molecule has 0 saturated heterocycles. The van der Waals surface area contributed by atoms with Crippen LogP contribution in [0.4, 0.5) is 5.69 Å². The lowest BCUT2D eigenvalue weighted by molar-refractivity contribution is -0.135. The van der Waals surface area contributed by atoms with Crippen molar-refractivity contribution in [2.45, 2.75) is 0 Å². The molecule has 2 rings (SSSR count). The number of carbonyl (C=O) groups excluding carboxylic acids is 1. The van der Waals surface area contributed by atoms with E-state index in [0.29, 0.717) is 10.0 Å². The van der Waals surface area contributed by atoms with Gasteiger partial charge in [0.05, 0.1) is 17.1 Å². The van der Waals surface area contributed by atoms with E-state index in [9.17, 15) is 15.0 Å². The number of thiophene rings is 1. The Morgan fingerprint density at radius 1 is 1.30 bits per heavy atom. The number of aliphatic hydroxyl groups is 1. The first-order chi connectivity index (χ1) is 10.9. The Hall–Kier alpha value is -2.02. The average molecular weight is 372 g/mol. The average Bonchev–Trinajstić information content (AvgIpc) is 2.87. The van der Waals surface area contributed by atoms with Crippen molar-refractivity contribution in [3.05, 3.63) is 50.1 Å². The van der Waals surface area contributed by atoms with E-state index in [4.69, 9.17) is 23.2 Å². The lowest BCUT2D eigenvalue weighted by Crippen LogP contribution is -2.08. The van der Waals surface area contributed by atoms with Crippen molar-refractivity contribution in [1.82, 2.24) is 0 Å². The number of phenolic OH excluding ortho intramolecular Hbond substituents is 1. The van der Waals surface area contributed by atoms with Crippen LogP contribution in [-0.2, 0) is 9.53 Å². The van der Waals surface area contributed by atoms with Crippen LogP contribution in [0.1, 0.15) is 5.56 Å². The third-order valence-electron chi connectivity index (χ3n) is 2.76. The van der Waals surface area contributed by atoms with Crippen LogP contribution in [0.15, 0.2) is 40.9 Å². The molecule has 1 heterocycles. The van der Waals surface area contributed by atoms with Crippen LogP contribution >= 0.6 is 34.5 Å². The van der Waals surface area contributed by atoms with Gasteiger partial charge in [0, 0.05) is 11.8 Å². The Bertz CT molecular complexity index is 781. The number of rotatable bonds is 4. The second kappa shape index (κ2) is 7.50. The van der Waals surface area contributed by atoms with Crippen LogP contribution in [0, 0.1) is 0 Å². The molecule has 2 aromatic rings. The summed E-state index contributed by atoms with van der Waals surface area (Å²) in [5, 5.41) is 19.5. The molecule has 0 bridgehead atoms. The summed E-state index contributed by atoms with van der Waals surface area (Å²) in [5.74, 6) is -1.06. The van der Waals surface area contributed by atoms with Gasteiger partial charge in [0.25, 0.3) is 0 Å². The molecular weight excluding hydrogens is 361 g/mol. The molecule has 1 aromatic carbocycles. The molecule has 2 N–H and O–H groups in total. The molecule has 5 nitrogen and oxygen atoms in total. The van der Waals surface area contributed by atoms with Crippen LogP contribution in [0.25, 0.3) is 5.76 Å². The minimum atomic E-state index is -0.775. The van der Waals surface area contributed by atoms with E-state index in [1.807, 2.05) is 0 Å². The van der Waals surface area contributed by atoms with E-state index in [2.05, 4.69) is 9.73 Å². The third-order valence-corrected chi connectivity index (χ3v) is 4.25. The van der Waals surface area contributed by atoms with Gasteiger partial charge >= 0.3 is 5.97 Å². The fraction of sp³-hybridized carbons (Fsp3) is 0.0667. The first-order valence-electron chi connectivity index (χ1n) is 6.22. The molecule has 0 atom stereocenters. The Morgan fingerprint density at radius 3 is 2.48 bits per heavy atom. The van der Waals surface area contributed by atoms with E-state index in [1.165, 1.54) is 25.3 Å². The molecule has 0 aliphatic rings. The molecule has 0 saturated carbocycles. The predicted octanol–water partition coefficient (Wildman–Crippen LogP) is 4.61. The summed E-state index contributed by atoms with van der Waals surface area (Å²) >= 11 is 12.9. The molecule has 1 aromatic heterocycles. The number of aliphatic imine (C=N–C) groups is 1. The normalized spacial score (nSPS) is 12.3. The maximum atomic E-state index is 11.9. The van der Waals surface area contributed by atoms with Crippen molar-refractivity contribution < 1.29 is 19.7 Å². The molecule has 0 unspecified atom stereocenters. The van der Waals surface area contributed by atoms with E-state index in [0.717, 1.165) is 17.6 Å². The standard InChI is InChI=1S/C15H11Cl2NO4S/c1-22-15(21)11(7-18-8-2-4-9(19)5-3-8)13(20)10-6-12(16)23-14(10)17/h2-7,19-20H,1H3/b13-11-,18-7?. The predicted molar refractivity (Wildman–Crippen MR) is 92.2 cm³/mol. The van der Waals surface area contributed by atoms with Crippen LogP contribution in [0.5, 0.6) is 5.75 Å². The molecule has 0 fully saturated rings. The fourth-order valence-electron chi connectivity index (χ4n) is 1.65. The van der Waals surface area contributed by atoms with Crippen LogP contribution in [0.3, 0.4) is 0 Å². The Morgan fingerprint density at radius 2 is 1.96 bits per heavy atom. The summed E-state index contributed by atoms with van der Waals surface area (Å²) in [6.07, 6.45) is 1.16. The molecule has 0 radical (unpaired) electrons. The highest BCUT2D eigenvalue weighted by atomic mass is 35.5. The van der Waals surface area contributed by atoms with E-state index in [1.54, 1.807) is 12.1 Å². The van der Waals surface area contributed by atoms with Gasteiger partial charge in [-0.2, -0.15) is 0 Å². The largest absolute Gasteiger partial charge is 0.508 e. The number of aliphatic hydroxyl groups excluding tert-OH is 1. The van der Waals surface area contributed by atoms with Crippen LogP contribution < -0.4 is 0 Å². The van der Waals surface area contributed by atoms with Crippen molar-refractivity contribution >= 4 is 58.2 Å². The zero-order valence-corrected chi connectivity index (χ0v) is 14.1. The summed E-state index contributed by atoms with van der Waals surface area (Å²) in [4.78, 5) is 15.9. The smallest absolute Gasteiger partial charge is 0.343 e. The number of aromatic hydroxyl groups is 1. The van der Waals surface area contributed by atoms with E-state index in [-0.39, 0.29) is 27.0 Å². The summed E-state index contributed by atoms with van der Waals surface area (Å²) in [5.41, 5.74) is 0.530. The number of hydrogen-bond donors (Lipinski definition) is 2. The number of halogens is 2. The maximum Gasteiger partial charge on any atom is 0.343 e. The number of carbonyl (C=O) groups is 1. The van der Waals surface area contributed by atoms with Gasteiger partial charge in [-0.05, 0) is 30.3 Å². The van der Waals surface area contributed by atoms with Crippen LogP contribution in [0.2, 0.25) is 8.67 Å². The van der Waals surface area contributed by atoms with Crippen molar-refractivity contribution in [2.24, 2.45) is 4.99 Å². The maximum absolute atomic E-state index is 11.9. The number of esters is 1. The Labute approximate surface area is 146 Å². The number of benzene rings is 1. The number of nitrogens with zero attached hydrogens (tertiary/aromatic N) is 1. The molecule has 0 aliphatic carbocycles. The molecular formula is C15H11Cl2NO4S. The highest BCUT2D eigenvalue weighted by molar-refractivity contribution is 7.20. The zero-order chi connectivity index (χ0) is 17.0. The lowest BCUT2D eigenvalue weighted by atomic mass is 10.1. The van der Waals surface area contributed by atoms with Gasteiger partial charge in [0.2, 0.25) is 0 Å². The number of ether oxygens (including phenoxy) is 1. The van der Waals surface area contributed by atoms with Gasteiger partial charge in [-0.15, -0.1) is 11.3 Å². The molecule has 120 valence electrons. The monoisotopic (exact) mass is 371 g/mol. The Kier molecular flexibility index (Phi) is 5.65. The van der Waals surface area contributed by atoms with Gasteiger partial charge in [0.15, 0.2) is 0 Å². The number of methoxy groups -OCH3 is 1. The van der Waals surface area contributed by atoms with Crippen molar-refractivity contribution in [2.75, 3.05) is 7.11 Å². The van der Waals surface area contributed by atoms with Gasteiger partial charge in [-0.1, -0.05) is 23.2 Å². The van der Waals surface area contributed by atoms with Crippen molar-refractivity contribution in [3.63, 3.8) is 0 Å². The molecule has 0 aliphatic heterocycles. The summed E-state index contributed by atoms with van der Waals surface area (Å²) in [7, 11) is 1.19. The fourth-order valence-corrected chi connectivity index (χ4v) is 3.11. The quantitative estimate of drug-likeness (QED) is 0.356. The molecule has 8 heteroatoms. The van der Waals surface area contributed by atoms with Gasteiger partial charge in [-0.25, -0.2) is 4.79 Å². The second-order valence-electron chi connectivity index (χ2n) is 4.27. The van der Waals surface area contributed by atoms with Gasteiger partial charge < -0.3 is 14.9 Å². The topological polar surface area (TPSA) is 79.1 Å². The van der Waals surface area contributed by atoms with Crippen LogP contribution in [-0.4, -0.2) is 29.5 Å². The minimum absolute atomic E-state index is 0.0928. The third kappa shape index (κ3) is 4.25. The van der Waals surface area contributed by atoms with Gasteiger partial charge in [0.1, 0.15) is 21.4 Å². The molecule has 0 amide bonds. The first kappa shape index (κ1) is 17.3. The highest BCUT2D eigenvalue weighted by Gasteiger charge is 2.19. The Balaban J connectivity index is 2.44. The zero-order valence-electron chi connectivity index (χ0n) is 11.8. The first-order valence-corrected chi connectivity index (χ1v) is 7.79. The summed E-state index contributed by atoms with van der Waals surface area (Å²) in [6, 6.07) is 7.44. The van der Waals surface area contributed by atoms with Crippen molar-refractivity contribution in [1.29, 1.82) is 0 Å². The highest BCUT2D eigenvalue weighted by Crippen LogP contribution is 2.35. The molecule has 23 heavy (non-hydrogen) atoms. The minimum Gasteiger partial charge on any atom is -0.508 e. The number of hydrogen-bond acceptors (Lipinski definition) is 6. The van der Waals surface area contributed by atoms with E-state index >= 15 is 0 Å². The number of phenols is 1. The summed E-state index contributed by atoms with van der Waals surface area (Å²) in [6.45, 7) is 0. The van der Waals surface area contributed by atoms with E-state index < -0.39 is 5.97 Å². The van der Waals surface area contributed by atoms with Gasteiger partial charge in [-0.3, -0.25) is 4.99 Å². The SMILES string of the molecule is COC(=O)/C(C=Nc1ccc(O)cc1)=C(\O)c1cc(Cl)sc1Cl. The second-order valence-corrected chi connectivity index (χ2v) is 6.55. The van der Waals surface area contributed by atoms with Crippen molar-refractivity contribution in [3.8, 4) is 5.75 Å².